The summed E-state index contributed by atoms with van der Waals surface area (Å²) in [5.74, 6) is 0. The first-order valence-electron chi connectivity index (χ1n) is 7.69. The number of thiocarbonyl (C=S) groups is 1. The first-order valence-corrected chi connectivity index (χ1v) is 8.10. The van der Waals surface area contributed by atoms with E-state index >= 15 is 0 Å². The second-order valence-electron chi connectivity index (χ2n) is 4.84. The third-order valence-electron chi connectivity index (χ3n) is 3.19. The van der Waals surface area contributed by atoms with Crippen molar-refractivity contribution in [1.29, 1.82) is 0 Å². The Labute approximate surface area is 142 Å². The third kappa shape index (κ3) is 9.48. The maximum atomic E-state index is 6.09. The van der Waals surface area contributed by atoms with Crippen LogP contribution in [0.25, 0.3) is 0 Å². The SMILES string of the molecule is C=C/C=C(C(=C)CC(=C)C(N)CCC(N)=S)\C(C)=C/C.CC. The summed E-state index contributed by atoms with van der Waals surface area (Å²) in [5, 5.41) is 0. The highest BCUT2D eigenvalue weighted by Gasteiger charge is 2.11. The van der Waals surface area contributed by atoms with Gasteiger partial charge in [-0.1, -0.05) is 69.6 Å². The minimum Gasteiger partial charge on any atom is -0.393 e. The molecule has 0 fully saturated rings. The van der Waals surface area contributed by atoms with Gasteiger partial charge in [0, 0.05) is 6.04 Å². The van der Waals surface area contributed by atoms with Gasteiger partial charge in [0.25, 0.3) is 0 Å². The fourth-order valence-corrected chi connectivity index (χ4v) is 1.92. The van der Waals surface area contributed by atoms with Crippen LogP contribution in [0.15, 0.2) is 60.3 Å². The standard InChI is InChI=1S/C17H26N2S.C2H6/c1-6-8-15(12(3)7-2)13(4)11-14(5)16(18)9-10-17(19)20;1-2/h6-8,16H,1,4-5,9-11,18H2,2-3H3,(H2,19,20);1-2H3/b12-7-,15-8+;. The number of hydrogen-bond donors (Lipinski definition) is 2. The van der Waals surface area contributed by atoms with E-state index in [1.54, 1.807) is 6.08 Å². The van der Waals surface area contributed by atoms with Crippen molar-refractivity contribution < 1.29 is 0 Å². The summed E-state index contributed by atoms with van der Waals surface area (Å²) in [6.45, 7) is 20.0. The minimum absolute atomic E-state index is 0.107. The van der Waals surface area contributed by atoms with Gasteiger partial charge in [-0.05, 0) is 49.8 Å². The lowest BCUT2D eigenvalue weighted by Gasteiger charge is -2.18. The van der Waals surface area contributed by atoms with Crippen LogP contribution in [0.2, 0.25) is 0 Å². The van der Waals surface area contributed by atoms with Gasteiger partial charge >= 0.3 is 0 Å². The van der Waals surface area contributed by atoms with E-state index in [-0.39, 0.29) is 6.04 Å². The van der Waals surface area contributed by atoms with Crippen LogP contribution in [-0.4, -0.2) is 11.0 Å². The molecule has 1 unspecified atom stereocenters. The summed E-state index contributed by atoms with van der Waals surface area (Å²) in [7, 11) is 0. The highest BCUT2D eigenvalue weighted by molar-refractivity contribution is 7.80. The summed E-state index contributed by atoms with van der Waals surface area (Å²) in [6, 6.07) is -0.107. The molecule has 0 saturated carbocycles. The Bertz CT molecular complexity index is 456. The Morgan fingerprint density at radius 3 is 2.23 bits per heavy atom. The topological polar surface area (TPSA) is 52.0 Å². The summed E-state index contributed by atoms with van der Waals surface area (Å²) in [4.78, 5) is 0.490. The number of rotatable bonds is 9. The van der Waals surface area contributed by atoms with Crippen molar-refractivity contribution in [2.75, 3.05) is 0 Å². The van der Waals surface area contributed by atoms with Crippen molar-refractivity contribution in [3.63, 3.8) is 0 Å². The molecule has 0 radical (unpaired) electrons. The van der Waals surface area contributed by atoms with E-state index in [1.165, 1.54) is 5.57 Å². The van der Waals surface area contributed by atoms with Crippen LogP contribution in [0, 0.1) is 0 Å². The van der Waals surface area contributed by atoms with E-state index in [9.17, 15) is 0 Å². The number of hydrogen-bond acceptors (Lipinski definition) is 2. The van der Waals surface area contributed by atoms with E-state index in [4.69, 9.17) is 23.7 Å². The maximum Gasteiger partial charge on any atom is 0.0728 e. The molecule has 22 heavy (non-hydrogen) atoms. The normalized spacial score (nSPS) is 12.8. The summed E-state index contributed by atoms with van der Waals surface area (Å²) in [6.07, 6.45) is 7.82. The van der Waals surface area contributed by atoms with E-state index < -0.39 is 0 Å². The van der Waals surface area contributed by atoms with Crippen LogP contribution in [0.3, 0.4) is 0 Å². The van der Waals surface area contributed by atoms with Gasteiger partial charge in [-0.3, -0.25) is 0 Å². The van der Waals surface area contributed by atoms with Crippen LogP contribution in [0.5, 0.6) is 0 Å². The van der Waals surface area contributed by atoms with Crippen molar-refractivity contribution in [1.82, 2.24) is 0 Å². The first kappa shape index (κ1) is 22.8. The summed E-state index contributed by atoms with van der Waals surface area (Å²) < 4.78 is 0. The molecule has 0 aliphatic carbocycles. The minimum atomic E-state index is -0.107. The van der Waals surface area contributed by atoms with Gasteiger partial charge in [-0.2, -0.15) is 0 Å². The molecule has 0 aromatic carbocycles. The molecule has 0 aliphatic heterocycles. The number of nitrogens with two attached hydrogens (primary N) is 2. The van der Waals surface area contributed by atoms with Gasteiger partial charge in [0.05, 0.1) is 4.99 Å². The van der Waals surface area contributed by atoms with Crippen LogP contribution in [-0.2, 0) is 0 Å². The van der Waals surface area contributed by atoms with Gasteiger partial charge in [-0.25, -0.2) is 0 Å². The molecule has 0 spiro atoms. The van der Waals surface area contributed by atoms with Crippen molar-refractivity contribution in [3.8, 4) is 0 Å². The second-order valence-corrected chi connectivity index (χ2v) is 5.36. The highest BCUT2D eigenvalue weighted by Crippen LogP contribution is 2.25. The van der Waals surface area contributed by atoms with Gasteiger partial charge < -0.3 is 11.5 Å². The van der Waals surface area contributed by atoms with E-state index in [1.807, 2.05) is 26.8 Å². The highest BCUT2D eigenvalue weighted by atomic mass is 32.1. The van der Waals surface area contributed by atoms with Crippen molar-refractivity contribution in [2.45, 2.75) is 53.0 Å². The molecule has 0 heterocycles. The maximum absolute atomic E-state index is 6.09. The van der Waals surface area contributed by atoms with Gasteiger partial charge in [0.2, 0.25) is 0 Å². The Balaban J connectivity index is 0. The average Bonchev–Trinajstić information content (AvgIpc) is 2.50. The summed E-state index contributed by atoms with van der Waals surface area (Å²) >= 11 is 4.86. The Morgan fingerprint density at radius 2 is 1.82 bits per heavy atom. The molecular weight excluding hydrogens is 288 g/mol. The lowest BCUT2D eigenvalue weighted by molar-refractivity contribution is 0.698. The van der Waals surface area contributed by atoms with Crippen molar-refractivity contribution in [2.24, 2.45) is 11.5 Å². The second kappa shape index (κ2) is 13.2. The molecule has 3 heteroatoms. The molecule has 0 aromatic rings. The molecule has 0 aliphatic rings. The van der Waals surface area contributed by atoms with Crippen molar-refractivity contribution >= 4 is 17.2 Å². The fourth-order valence-electron chi connectivity index (χ4n) is 1.80. The van der Waals surface area contributed by atoms with Crippen LogP contribution < -0.4 is 11.5 Å². The number of allylic oxidation sites excluding steroid dienone is 6. The Morgan fingerprint density at radius 1 is 1.27 bits per heavy atom. The van der Waals surface area contributed by atoms with E-state index in [2.05, 4.69) is 32.7 Å². The predicted octanol–water partition coefficient (Wildman–Crippen LogP) is 4.99. The van der Waals surface area contributed by atoms with Crippen LogP contribution in [0.1, 0.15) is 47.0 Å². The quantitative estimate of drug-likeness (QED) is 0.357. The lowest BCUT2D eigenvalue weighted by Crippen LogP contribution is -2.24. The van der Waals surface area contributed by atoms with Crippen LogP contribution >= 0.6 is 12.2 Å². The largest absolute Gasteiger partial charge is 0.393 e. The third-order valence-corrected chi connectivity index (χ3v) is 3.39. The zero-order valence-corrected chi connectivity index (χ0v) is 15.4. The van der Waals surface area contributed by atoms with E-state index in [0.717, 1.165) is 23.1 Å². The first-order chi connectivity index (χ1) is 10.3. The fraction of sp³-hybridized carbons (Fsp3) is 0.421. The Kier molecular flexibility index (Phi) is 13.7. The average molecular weight is 321 g/mol. The molecule has 0 saturated heterocycles. The van der Waals surface area contributed by atoms with Crippen LogP contribution in [0.4, 0.5) is 0 Å². The monoisotopic (exact) mass is 320 g/mol. The summed E-state index contributed by atoms with van der Waals surface area (Å²) in [5.41, 5.74) is 15.8. The Hall–Kier alpha value is -1.45. The molecule has 2 nitrogen and oxygen atoms in total. The van der Waals surface area contributed by atoms with Gasteiger partial charge in [-0.15, -0.1) is 0 Å². The zero-order valence-electron chi connectivity index (χ0n) is 14.6. The van der Waals surface area contributed by atoms with Crippen molar-refractivity contribution in [3.05, 3.63) is 60.3 Å². The molecule has 4 N–H and O–H groups in total. The lowest BCUT2D eigenvalue weighted by atomic mass is 9.91. The molecule has 124 valence electrons. The predicted molar refractivity (Wildman–Crippen MR) is 106 cm³/mol. The molecule has 0 aromatic heterocycles. The zero-order chi connectivity index (χ0) is 17.7. The molecule has 0 rings (SSSR count). The smallest absolute Gasteiger partial charge is 0.0728 e. The molecule has 0 bridgehead atoms. The van der Waals surface area contributed by atoms with E-state index in [0.29, 0.717) is 17.8 Å². The molecule has 0 amide bonds. The molecule has 1 atom stereocenters. The molecular formula is C19H32N2S. The van der Waals surface area contributed by atoms with Gasteiger partial charge in [0.1, 0.15) is 0 Å². The van der Waals surface area contributed by atoms with Gasteiger partial charge in [0.15, 0.2) is 0 Å².